The number of benzene rings is 5. The van der Waals surface area contributed by atoms with E-state index in [4.69, 9.17) is 34.3 Å². The van der Waals surface area contributed by atoms with E-state index in [9.17, 15) is 15.0 Å². The van der Waals surface area contributed by atoms with Crippen LogP contribution in [0.15, 0.2) is 196 Å². The Balaban J connectivity index is 0.000000133. The number of ether oxygens (including phenoxy) is 3. The van der Waals surface area contributed by atoms with Crippen LogP contribution in [0.3, 0.4) is 0 Å². The van der Waals surface area contributed by atoms with Crippen LogP contribution in [-0.2, 0) is 11.3 Å². The predicted molar refractivity (Wildman–Crippen MR) is 357 cm³/mol. The van der Waals surface area contributed by atoms with E-state index in [0.29, 0.717) is 41.0 Å². The summed E-state index contributed by atoms with van der Waals surface area (Å²) in [5, 5.41) is 34.9. The van der Waals surface area contributed by atoms with Gasteiger partial charge in [0.05, 0.1) is 68.9 Å². The number of nitrogens with one attached hydrogen (secondary N) is 2. The lowest BCUT2D eigenvalue weighted by atomic mass is 10.1. The second kappa shape index (κ2) is 28.6. The molecule has 2 saturated heterocycles. The van der Waals surface area contributed by atoms with Crippen molar-refractivity contribution in [1.29, 1.82) is 0 Å². The number of likely N-dealkylation sites (N-methyl/N-ethyl adjacent to an activating group) is 1. The van der Waals surface area contributed by atoms with Gasteiger partial charge in [-0.05, 0) is 97.4 Å². The molecule has 2 aliphatic heterocycles. The molecular formula is C69H70N16O7. The molecule has 7 aromatic heterocycles. The summed E-state index contributed by atoms with van der Waals surface area (Å²) in [6.07, 6.45) is 20.3. The molecule has 0 amide bonds. The molecule has 2 fully saturated rings. The number of aliphatic hydroxyl groups is 2. The molecule has 0 bridgehead atoms. The number of carboxylic acid groups (broad SMARTS) is 1. The number of pyridine rings is 1. The van der Waals surface area contributed by atoms with Gasteiger partial charge in [0.1, 0.15) is 11.5 Å². The van der Waals surface area contributed by atoms with Crippen molar-refractivity contribution < 1.29 is 34.3 Å². The number of carboxylic acids is 1. The Morgan fingerprint density at radius 2 is 1.12 bits per heavy atom. The van der Waals surface area contributed by atoms with Crippen molar-refractivity contribution in [2.75, 3.05) is 117 Å². The normalized spacial score (nSPS) is 13.1. The maximum atomic E-state index is 11.1. The second-order valence-corrected chi connectivity index (χ2v) is 21.5. The Morgan fingerprint density at radius 3 is 1.72 bits per heavy atom. The Bertz CT molecular complexity index is 4400. The molecule has 468 valence electrons. The molecule has 23 heteroatoms. The highest BCUT2D eigenvalue weighted by molar-refractivity contribution is 5.88. The maximum absolute atomic E-state index is 11.1. The van der Waals surface area contributed by atoms with Crippen LogP contribution in [0.1, 0.15) is 22.8 Å². The van der Waals surface area contributed by atoms with Gasteiger partial charge in [-0.2, -0.15) is 0 Å². The van der Waals surface area contributed by atoms with Crippen LogP contribution < -0.4 is 39.7 Å². The molecule has 14 rings (SSSR count). The molecule has 0 radical (unpaired) electrons. The Morgan fingerprint density at radius 1 is 0.576 bits per heavy atom. The summed E-state index contributed by atoms with van der Waals surface area (Å²) in [4.78, 5) is 52.3. The lowest BCUT2D eigenvalue weighted by Gasteiger charge is -2.36. The smallest absolute Gasteiger partial charge is 0.335 e. The molecule has 5 N–H and O–H groups in total. The van der Waals surface area contributed by atoms with Crippen molar-refractivity contribution in [1.82, 2.24) is 48.1 Å². The largest absolute Gasteiger partial charge is 0.496 e. The van der Waals surface area contributed by atoms with Gasteiger partial charge in [-0.25, -0.2) is 34.7 Å². The number of morpholine rings is 1. The number of anilines is 8. The summed E-state index contributed by atoms with van der Waals surface area (Å²) in [6, 6.07) is 40.6. The molecule has 0 saturated carbocycles. The van der Waals surface area contributed by atoms with E-state index in [0.717, 1.165) is 127 Å². The Hall–Kier alpha value is -11.1. The number of piperazine rings is 1. The molecular weight excluding hydrogens is 1160 g/mol. The van der Waals surface area contributed by atoms with Crippen molar-refractivity contribution in [2.24, 2.45) is 0 Å². The van der Waals surface area contributed by atoms with Gasteiger partial charge in [-0.1, -0.05) is 42.5 Å². The number of fused-ring (bicyclic) bond motifs is 3. The van der Waals surface area contributed by atoms with Crippen LogP contribution in [0.4, 0.5) is 45.9 Å². The van der Waals surface area contributed by atoms with Gasteiger partial charge in [0.15, 0.2) is 34.4 Å². The lowest BCUT2D eigenvalue weighted by molar-refractivity contribution is 0.0696. The van der Waals surface area contributed by atoms with Gasteiger partial charge in [0, 0.05) is 160 Å². The first-order valence-electron chi connectivity index (χ1n) is 30.3. The number of aromatic carboxylic acids is 1. The standard InChI is InChI=1S/C24H27N5O3.C23H23N5O2.C22H20N6O2/c1-4-28(14-15-30)18-10-8-17(9-11-18)26-23-24-25-12-13-29(24)16-19(27-23)22-20(31-2)6-5-7-21(22)32-3;29-16-17-3-1-2-4-20(17)21-15-28-10-9-24-23(28)22(26-21)25-18-5-7-19(8-6-18)27-11-13-30-14-12-27;29-22(30)17-3-1-16(2-4-17)19-15-28-10-9-24-20(28)21(25-19)27-13-11-26(12-14-27)18-5-7-23-8-6-18/h5-13,16,30H,4,14-15H2,1-3H3,(H,26,27);1-10,15,29H,11-14,16H2,(H,25,26);1-10,15H,11-14H2,(H,29,30). The van der Waals surface area contributed by atoms with Crippen LogP contribution in [0.25, 0.3) is 50.7 Å². The zero-order valence-corrected chi connectivity index (χ0v) is 51.2. The minimum Gasteiger partial charge on any atom is -0.496 e. The number of carbonyl (C=O) groups is 1. The molecule has 92 heavy (non-hydrogen) atoms. The van der Waals surface area contributed by atoms with Crippen LogP contribution >= 0.6 is 0 Å². The molecule has 0 unspecified atom stereocenters. The molecule has 9 heterocycles. The minimum absolute atomic E-state index is 0.0361. The number of methoxy groups -OCH3 is 2. The number of hydrogen-bond acceptors (Lipinski definition) is 19. The number of aromatic nitrogens is 10. The number of nitrogens with zero attached hydrogens (tertiary/aromatic N) is 14. The lowest BCUT2D eigenvalue weighted by Crippen LogP contribution is -2.47. The molecule has 5 aromatic carbocycles. The number of rotatable bonds is 18. The predicted octanol–water partition coefficient (Wildman–Crippen LogP) is 10.3. The van der Waals surface area contributed by atoms with E-state index in [1.54, 1.807) is 57.1 Å². The van der Waals surface area contributed by atoms with Gasteiger partial charge in [0.2, 0.25) is 0 Å². The third kappa shape index (κ3) is 13.7. The van der Waals surface area contributed by atoms with E-state index < -0.39 is 5.97 Å². The first kappa shape index (κ1) is 61.1. The Labute approximate surface area is 531 Å². The Kier molecular flexibility index (Phi) is 19.0. The molecule has 0 spiro atoms. The fraction of sp³-hybridized carbons (Fsp3) is 0.217. The highest BCUT2D eigenvalue weighted by Gasteiger charge is 2.23. The van der Waals surface area contributed by atoms with E-state index in [1.165, 1.54) is 11.4 Å². The first-order valence-corrected chi connectivity index (χ1v) is 30.3. The zero-order chi connectivity index (χ0) is 63.3. The zero-order valence-electron chi connectivity index (χ0n) is 51.2. The number of aliphatic hydroxyl groups excluding tert-OH is 2. The first-order chi connectivity index (χ1) is 45.2. The fourth-order valence-corrected chi connectivity index (χ4v) is 11.3. The topological polar surface area (TPSA) is 246 Å². The summed E-state index contributed by atoms with van der Waals surface area (Å²) >= 11 is 0. The van der Waals surface area contributed by atoms with Crippen LogP contribution in [0, 0.1) is 0 Å². The molecule has 2 aliphatic rings. The van der Waals surface area contributed by atoms with Gasteiger partial charge < -0.3 is 73.0 Å². The summed E-state index contributed by atoms with van der Waals surface area (Å²) in [5.41, 5.74) is 13.4. The third-order valence-corrected chi connectivity index (χ3v) is 16.0. The van der Waals surface area contributed by atoms with Crippen molar-refractivity contribution in [3.05, 3.63) is 207 Å². The van der Waals surface area contributed by atoms with Crippen molar-refractivity contribution in [2.45, 2.75) is 13.5 Å². The van der Waals surface area contributed by atoms with E-state index in [-0.39, 0.29) is 18.8 Å². The molecule has 0 aliphatic carbocycles. The van der Waals surface area contributed by atoms with E-state index in [2.05, 4.69) is 81.4 Å². The average molecular weight is 1240 g/mol. The summed E-state index contributed by atoms with van der Waals surface area (Å²) in [7, 11) is 3.26. The van der Waals surface area contributed by atoms with Crippen LogP contribution in [0.2, 0.25) is 0 Å². The molecule has 23 nitrogen and oxygen atoms in total. The maximum Gasteiger partial charge on any atom is 0.335 e. The van der Waals surface area contributed by atoms with Gasteiger partial charge >= 0.3 is 5.97 Å². The van der Waals surface area contributed by atoms with Gasteiger partial charge in [-0.3, -0.25) is 4.98 Å². The van der Waals surface area contributed by atoms with Gasteiger partial charge in [-0.15, -0.1) is 0 Å². The van der Waals surface area contributed by atoms with Crippen molar-refractivity contribution in [3.8, 4) is 45.3 Å². The summed E-state index contributed by atoms with van der Waals surface area (Å²) in [5.74, 6) is 2.55. The van der Waals surface area contributed by atoms with Crippen LogP contribution in [0.5, 0.6) is 11.5 Å². The van der Waals surface area contributed by atoms with Gasteiger partial charge in [0.25, 0.3) is 0 Å². The van der Waals surface area contributed by atoms with Crippen LogP contribution in [-0.4, -0.2) is 156 Å². The third-order valence-electron chi connectivity index (χ3n) is 16.0. The average Bonchev–Trinajstić information content (AvgIpc) is 1.66. The highest BCUT2D eigenvalue weighted by Crippen LogP contribution is 2.39. The second-order valence-electron chi connectivity index (χ2n) is 21.5. The quantitative estimate of drug-likeness (QED) is 0.0536. The number of imidazole rings is 3. The minimum atomic E-state index is -0.938. The summed E-state index contributed by atoms with van der Waals surface area (Å²) < 4.78 is 22.4. The van der Waals surface area contributed by atoms with E-state index >= 15 is 0 Å². The SMILES string of the molecule is CCN(CCO)c1ccc(Nc2nc(-c3c(OC)cccc3OC)cn3ccnc23)cc1.O=C(O)c1ccc(-c2cn3ccnc3c(N3CCN(c4ccncc4)CC3)n2)cc1.OCc1ccccc1-c1cn2ccnc2c(Nc2ccc(N3CCOCC3)cc2)n1. The fourth-order valence-electron chi connectivity index (χ4n) is 11.3. The van der Waals surface area contributed by atoms with Crippen molar-refractivity contribution >= 4 is 68.8 Å². The highest BCUT2D eigenvalue weighted by atomic mass is 16.5. The number of hydrogen-bond donors (Lipinski definition) is 5. The summed E-state index contributed by atoms with van der Waals surface area (Å²) in [6.45, 7) is 10.4. The monoisotopic (exact) mass is 1230 g/mol. The molecule has 12 aromatic rings. The molecule has 0 atom stereocenters. The van der Waals surface area contributed by atoms with Crippen molar-refractivity contribution in [3.63, 3.8) is 0 Å². The van der Waals surface area contributed by atoms with E-state index in [1.807, 2.05) is 142 Å².